The van der Waals surface area contributed by atoms with E-state index in [-0.39, 0.29) is 28.3 Å². The van der Waals surface area contributed by atoms with Crippen molar-refractivity contribution >= 4 is 46.4 Å². The van der Waals surface area contributed by atoms with Gasteiger partial charge < -0.3 is 19.5 Å². The Morgan fingerprint density at radius 1 is 0.920 bits per heavy atom. The molecule has 2 aromatic rings. The van der Waals surface area contributed by atoms with Gasteiger partial charge >= 0.3 is 0 Å². The number of ether oxygens (including phenoxy) is 3. The van der Waals surface area contributed by atoms with E-state index in [0.29, 0.717) is 22.2 Å². The Hall–Kier alpha value is -1.82. The van der Waals surface area contributed by atoms with Crippen molar-refractivity contribution in [2.75, 3.05) is 26.1 Å². The number of hydrogen-bond acceptors (Lipinski definition) is 4. The third-order valence-corrected chi connectivity index (χ3v) is 4.36. The lowest BCUT2D eigenvalue weighted by molar-refractivity contribution is -0.118. The Morgan fingerprint density at radius 2 is 1.52 bits per heavy atom. The van der Waals surface area contributed by atoms with E-state index in [1.165, 1.54) is 19.2 Å². The number of amides is 1. The van der Waals surface area contributed by atoms with E-state index >= 15 is 0 Å². The molecular weight excluding hydrogens is 389 g/mol. The predicted octanol–water partition coefficient (Wildman–Crippen LogP) is 4.99. The topological polar surface area (TPSA) is 56.8 Å². The minimum atomic E-state index is -0.363. The normalized spacial score (nSPS) is 10.3. The molecule has 8 heteroatoms. The molecule has 0 saturated heterocycles. The molecular formula is C17H16Cl3NO4. The zero-order valence-corrected chi connectivity index (χ0v) is 16.1. The second-order valence-corrected chi connectivity index (χ2v) is 6.28. The predicted molar refractivity (Wildman–Crippen MR) is 99.9 cm³/mol. The van der Waals surface area contributed by atoms with Gasteiger partial charge in [-0.2, -0.15) is 0 Å². The van der Waals surface area contributed by atoms with Crippen LogP contribution >= 0.6 is 34.8 Å². The molecule has 0 aromatic heterocycles. The number of nitrogens with one attached hydrogen (secondary N) is 1. The standard InChI is InChI=1S/C17H16Cl3NO4/c1-9-4-15(23-2)16(24-3)7-13(9)21-17(22)8-25-14-6-11(19)10(18)5-12(14)20/h4-7H,8H2,1-3H3,(H,21,22). The number of benzene rings is 2. The third kappa shape index (κ3) is 4.84. The average Bonchev–Trinajstić information content (AvgIpc) is 2.58. The summed E-state index contributed by atoms with van der Waals surface area (Å²) >= 11 is 17.8. The summed E-state index contributed by atoms with van der Waals surface area (Å²) in [4.78, 5) is 12.1. The van der Waals surface area contributed by atoms with E-state index in [9.17, 15) is 4.79 Å². The molecule has 25 heavy (non-hydrogen) atoms. The summed E-state index contributed by atoms with van der Waals surface area (Å²) in [6.45, 7) is 1.60. The van der Waals surface area contributed by atoms with Crippen LogP contribution in [-0.4, -0.2) is 26.7 Å². The van der Waals surface area contributed by atoms with E-state index < -0.39 is 0 Å². The quantitative estimate of drug-likeness (QED) is 0.689. The molecule has 0 aliphatic heterocycles. The minimum Gasteiger partial charge on any atom is -0.493 e. The Kier molecular flexibility index (Phi) is 6.64. The molecule has 5 nitrogen and oxygen atoms in total. The molecule has 0 aliphatic rings. The van der Waals surface area contributed by atoms with Gasteiger partial charge in [0.15, 0.2) is 18.1 Å². The smallest absolute Gasteiger partial charge is 0.262 e. The number of rotatable bonds is 6. The maximum Gasteiger partial charge on any atom is 0.262 e. The van der Waals surface area contributed by atoms with Crippen LogP contribution in [-0.2, 0) is 4.79 Å². The summed E-state index contributed by atoms with van der Waals surface area (Å²) in [7, 11) is 3.07. The molecule has 0 bridgehead atoms. The highest BCUT2D eigenvalue weighted by Gasteiger charge is 2.13. The van der Waals surface area contributed by atoms with Gasteiger partial charge in [-0.3, -0.25) is 4.79 Å². The van der Waals surface area contributed by atoms with E-state index in [1.807, 2.05) is 6.92 Å². The van der Waals surface area contributed by atoms with Crippen molar-refractivity contribution in [2.45, 2.75) is 6.92 Å². The Morgan fingerprint density at radius 3 is 2.16 bits per heavy atom. The van der Waals surface area contributed by atoms with Crippen LogP contribution in [0.2, 0.25) is 15.1 Å². The zero-order chi connectivity index (χ0) is 18.6. The Balaban J connectivity index is 2.07. The Labute approximate surface area is 160 Å². The van der Waals surface area contributed by atoms with Gasteiger partial charge in [0.25, 0.3) is 5.91 Å². The van der Waals surface area contributed by atoms with Crippen molar-refractivity contribution in [3.8, 4) is 17.2 Å². The van der Waals surface area contributed by atoms with Gasteiger partial charge in [-0.1, -0.05) is 34.8 Å². The summed E-state index contributed by atoms with van der Waals surface area (Å²) in [6, 6.07) is 6.36. The first-order chi connectivity index (χ1) is 11.8. The first-order valence-electron chi connectivity index (χ1n) is 7.15. The summed E-state index contributed by atoms with van der Waals surface area (Å²) < 4.78 is 15.9. The third-order valence-electron chi connectivity index (χ3n) is 3.34. The highest BCUT2D eigenvalue weighted by molar-refractivity contribution is 6.43. The van der Waals surface area contributed by atoms with Gasteiger partial charge in [0, 0.05) is 17.8 Å². The van der Waals surface area contributed by atoms with Crippen molar-refractivity contribution in [1.82, 2.24) is 0 Å². The highest BCUT2D eigenvalue weighted by atomic mass is 35.5. The molecule has 0 unspecified atom stereocenters. The van der Waals surface area contributed by atoms with Crippen LogP contribution in [0.4, 0.5) is 5.69 Å². The van der Waals surface area contributed by atoms with Gasteiger partial charge in [0.2, 0.25) is 0 Å². The second kappa shape index (κ2) is 8.52. The summed E-state index contributed by atoms with van der Waals surface area (Å²) in [5, 5.41) is 3.62. The van der Waals surface area contributed by atoms with Gasteiger partial charge in [-0.15, -0.1) is 0 Å². The molecule has 0 radical (unpaired) electrons. The average molecular weight is 405 g/mol. The van der Waals surface area contributed by atoms with Gasteiger partial charge in [-0.25, -0.2) is 0 Å². The summed E-state index contributed by atoms with van der Waals surface area (Å²) in [5.74, 6) is 1.00. The number of halogens is 3. The van der Waals surface area contributed by atoms with Crippen molar-refractivity contribution in [3.63, 3.8) is 0 Å². The molecule has 0 atom stereocenters. The molecule has 1 N–H and O–H groups in total. The van der Waals surface area contributed by atoms with E-state index in [1.54, 1.807) is 19.2 Å². The Bertz CT molecular complexity index is 796. The van der Waals surface area contributed by atoms with Crippen LogP contribution < -0.4 is 19.5 Å². The lowest BCUT2D eigenvalue weighted by atomic mass is 10.1. The van der Waals surface area contributed by atoms with Crippen LogP contribution in [0.15, 0.2) is 24.3 Å². The van der Waals surface area contributed by atoms with Gasteiger partial charge in [0.05, 0.1) is 29.3 Å². The molecule has 0 aliphatic carbocycles. The largest absolute Gasteiger partial charge is 0.493 e. The number of anilines is 1. The first-order valence-corrected chi connectivity index (χ1v) is 8.29. The monoisotopic (exact) mass is 403 g/mol. The number of carbonyl (C=O) groups is 1. The molecule has 2 aromatic carbocycles. The number of aryl methyl sites for hydroxylation is 1. The summed E-state index contributed by atoms with van der Waals surface area (Å²) in [6.07, 6.45) is 0. The molecule has 0 heterocycles. The SMILES string of the molecule is COc1cc(C)c(NC(=O)COc2cc(Cl)c(Cl)cc2Cl)cc1OC. The fourth-order valence-corrected chi connectivity index (χ4v) is 2.65. The lowest BCUT2D eigenvalue weighted by Gasteiger charge is -2.14. The van der Waals surface area contributed by atoms with E-state index in [4.69, 9.17) is 49.0 Å². The number of carbonyl (C=O) groups excluding carboxylic acids is 1. The van der Waals surface area contributed by atoms with Crippen molar-refractivity contribution in [2.24, 2.45) is 0 Å². The molecule has 1 amide bonds. The van der Waals surface area contributed by atoms with Crippen molar-refractivity contribution < 1.29 is 19.0 Å². The molecule has 134 valence electrons. The maximum atomic E-state index is 12.1. The fourth-order valence-electron chi connectivity index (χ4n) is 2.06. The van der Waals surface area contributed by atoms with Crippen molar-refractivity contribution in [3.05, 3.63) is 44.9 Å². The number of methoxy groups -OCH3 is 2. The molecule has 2 rings (SSSR count). The van der Waals surface area contributed by atoms with Crippen LogP contribution in [0.25, 0.3) is 0 Å². The zero-order valence-electron chi connectivity index (χ0n) is 13.8. The summed E-state index contributed by atoms with van der Waals surface area (Å²) in [5.41, 5.74) is 1.41. The van der Waals surface area contributed by atoms with Crippen LogP contribution in [0.3, 0.4) is 0 Å². The molecule has 0 fully saturated rings. The number of hydrogen-bond donors (Lipinski definition) is 1. The molecule has 0 spiro atoms. The van der Waals surface area contributed by atoms with E-state index in [0.717, 1.165) is 5.56 Å². The minimum absolute atomic E-state index is 0.245. The van der Waals surface area contributed by atoms with Gasteiger partial charge in [-0.05, 0) is 24.6 Å². The second-order valence-electron chi connectivity index (χ2n) is 5.06. The fraction of sp³-hybridized carbons (Fsp3) is 0.235. The van der Waals surface area contributed by atoms with Gasteiger partial charge in [0.1, 0.15) is 5.75 Å². The highest BCUT2D eigenvalue weighted by Crippen LogP contribution is 2.34. The molecule has 0 saturated carbocycles. The van der Waals surface area contributed by atoms with Crippen LogP contribution in [0.1, 0.15) is 5.56 Å². The van der Waals surface area contributed by atoms with E-state index in [2.05, 4.69) is 5.32 Å². The first kappa shape index (κ1) is 19.5. The maximum absolute atomic E-state index is 12.1. The lowest BCUT2D eigenvalue weighted by Crippen LogP contribution is -2.20. The van der Waals surface area contributed by atoms with Crippen LogP contribution in [0, 0.1) is 6.92 Å². The van der Waals surface area contributed by atoms with Crippen molar-refractivity contribution in [1.29, 1.82) is 0 Å². The van der Waals surface area contributed by atoms with Crippen LogP contribution in [0.5, 0.6) is 17.2 Å².